The average Bonchev–Trinajstić information content (AvgIpc) is 1.76. The Kier molecular flexibility index (Phi) is 2.44. The van der Waals surface area contributed by atoms with Crippen LogP contribution in [-0.4, -0.2) is 36.3 Å². The molecule has 0 radical (unpaired) electrons. The van der Waals surface area contributed by atoms with Gasteiger partial charge in [0.2, 0.25) is 0 Å². The molecule has 0 atom stereocenters. The third-order valence-corrected chi connectivity index (χ3v) is 1.98. The molecule has 1 fully saturated rings. The molecule has 0 spiro atoms. The Hall–Kier alpha value is -0.370. The summed E-state index contributed by atoms with van der Waals surface area (Å²) >= 11 is 0. The fourth-order valence-corrected chi connectivity index (χ4v) is 1.21. The molecule has 1 aliphatic heterocycles. The summed E-state index contributed by atoms with van der Waals surface area (Å²) in [7, 11) is 0. The number of rotatable bonds is 2. The molecule has 0 aromatic rings. The Morgan fingerprint density at radius 3 is 2.50 bits per heavy atom. The number of nitrogens with zero attached hydrogens (tertiary/aromatic N) is 2. The van der Waals surface area contributed by atoms with E-state index in [1.165, 1.54) is 0 Å². The van der Waals surface area contributed by atoms with Gasteiger partial charge in [-0.25, -0.2) is 0 Å². The van der Waals surface area contributed by atoms with E-state index < -0.39 is 0 Å². The molecule has 2 heteroatoms. The number of aliphatic imine (C=N–C) groups is 1. The summed E-state index contributed by atoms with van der Waals surface area (Å²) in [5, 5.41) is 0. The summed E-state index contributed by atoms with van der Waals surface area (Å²) in [5.41, 5.74) is 0. The molecule has 1 rings (SSSR count). The zero-order valence-corrected chi connectivity index (χ0v) is 7.04. The highest BCUT2D eigenvalue weighted by molar-refractivity contribution is 5.53. The molecule has 10 heavy (non-hydrogen) atoms. The molecule has 0 amide bonds. The van der Waals surface area contributed by atoms with Crippen molar-refractivity contribution >= 4 is 6.21 Å². The van der Waals surface area contributed by atoms with Crippen molar-refractivity contribution < 1.29 is 0 Å². The molecule has 0 saturated carbocycles. The lowest BCUT2D eigenvalue weighted by molar-refractivity contribution is 0.114. The SMILES string of the molecule is CC=NC1CN(C(C)C)C1. The van der Waals surface area contributed by atoms with Gasteiger partial charge in [0.05, 0.1) is 6.04 Å². The topological polar surface area (TPSA) is 15.6 Å². The van der Waals surface area contributed by atoms with Crippen molar-refractivity contribution in [2.45, 2.75) is 32.9 Å². The summed E-state index contributed by atoms with van der Waals surface area (Å²) in [4.78, 5) is 6.72. The Bertz CT molecular complexity index is 123. The van der Waals surface area contributed by atoms with Crippen LogP contribution >= 0.6 is 0 Å². The van der Waals surface area contributed by atoms with Crippen LogP contribution in [0.15, 0.2) is 4.99 Å². The van der Waals surface area contributed by atoms with E-state index in [-0.39, 0.29) is 0 Å². The Morgan fingerprint density at radius 1 is 1.50 bits per heavy atom. The average molecular weight is 140 g/mol. The van der Waals surface area contributed by atoms with Crippen LogP contribution in [0.1, 0.15) is 20.8 Å². The first-order valence-corrected chi connectivity index (χ1v) is 3.96. The molecule has 0 bridgehead atoms. The first kappa shape index (κ1) is 7.73. The van der Waals surface area contributed by atoms with Gasteiger partial charge in [0, 0.05) is 19.1 Å². The van der Waals surface area contributed by atoms with E-state index in [1.54, 1.807) is 0 Å². The fourth-order valence-electron chi connectivity index (χ4n) is 1.21. The monoisotopic (exact) mass is 140 g/mol. The molecule has 0 aliphatic carbocycles. The van der Waals surface area contributed by atoms with Crippen LogP contribution in [0.4, 0.5) is 0 Å². The lowest BCUT2D eigenvalue weighted by Crippen LogP contribution is -2.52. The van der Waals surface area contributed by atoms with Crippen molar-refractivity contribution in [3.05, 3.63) is 0 Å². The molecule has 0 aromatic carbocycles. The standard InChI is InChI=1S/C8H16N2/c1-4-9-8-5-10(6-8)7(2)3/h4,7-8H,5-6H2,1-3H3. The van der Waals surface area contributed by atoms with Crippen LogP contribution in [0.3, 0.4) is 0 Å². The van der Waals surface area contributed by atoms with Crippen molar-refractivity contribution in [2.24, 2.45) is 4.99 Å². The van der Waals surface area contributed by atoms with E-state index >= 15 is 0 Å². The maximum absolute atomic E-state index is 4.30. The van der Waals surface area contributed by atoms with E-state index in [1.807, 2.05) is 13.1 Å². The minimum Gasteiger partial charge on any atom is -0.297 e. The van der Waals surface area contributed by atoms with Gasteiger partial charge >= 0.3 is 0 Å². The minimum atomic E-state index is 0.590. The fraction of sp³-hybridized carbons (Fsp3) is 0.875. The minimum absolute atomic E-state index is 0.590. The molecule has 0 N–H and O–H groups in total. The van der Waals surface area contributed by atoms with Crippen LogP contribution in [-0.2, 0) is 0 Å². The van der Waals surface area contributed by atoms with Gasteiger partial charge in [0.1, 0.15) is 0 Å². The Morgan fingerprint density at radius 2 is 2.10 bits per heavy atom. The Balaban J connectivity index is 2.18. The molecule has 0 unspecified atom stereocenters. The van der Waals surface area contributed by atoms with Gasteiger partial charge < -0.3 is 0 Å². The lowest BCUT2D eigenvalue weighted by Gasteiger charge is -2.39. The molecule has 2 nitrogen and oxygen atoms in total. The summed E-state index contributed by atoms with van der Waals surface area (Å²) < 4.78 is 0. The van der Waals surface area contributed by atoms with Gasteiger partial charge in [-0.2, -0.15) is 0 Å². The molecule has 0 aromatic heterocycles. The van der Waals surface area contributed by atoms with Gasteiger partial charge in [-0.05, 0) is 27.0 Å². The molecular weight excluding hydrogens is 124 g/mol. The normalized spacial score (nSPS) is 22.4. The van der Waals surface area contributed by atoms with Crippen molar-refractivity contribution in [3.63, 3.8) is 0 Å². The summed E-state index contributed by atoms with van der Waals surface area (Å²) in [5.74, 6) is 0. The third-order valence-electron chi connectivity index (χ3n) is 1.98. The second-order valence-electron chi connectivity index (χ2n) is 3.11. The Labute approximate surface area is 62.9 Å². The maximum Gasteiger partial charge on any atom is 0.0749 e. The highest BCUT2D eigenvalue weighted by Gasteiger charge is 2.26. The van der Waals surface area contributed by atoms with Crippen LogP contribution in [0.2, 0.25) is 0 Å². The van der Waals surface area contributed by atoms with Crippen LogP contribution in [0, 0.1) is 0 Å². The van der Waals surface area contributed by atoms with Crippen LogP contribution < -0.4 is 0 Å². The summed E-state index contributed by atoms with van der Waals surface area (Å²) in [6, 6.07) is 1.29. The van der Waals surface area contributed by atoms with E-state index in [0.717, 1.165) is 13.1 Å². The third kappa shape index (κ3) is 1.57. The zero-order valence-electron chi connectivity index (χ0n) is 7.04. The number of hydrogen-bond acceptors (Lipinski definition) is 2. The molecular formula is C8H16N2. The smallest absolute Gasteiger partial charge is 0.0749 e. The first-order valence-electron chi connectivity index (χ1n) is 3.96. The molecule has 58 valence electrons. The quantitative estimate of drug-likeness (QED) is 0.526. The highest BCUT2D eigenvalue weighted by atomic mass is 15.2. The van der Waals surface area contributed by atoms with Gasteiger partial charge in [-0.1, -0.05) is 0 Å². The second-order valence-corrected chi connectivity index (χ2v) is 3.11. The summed E-state index contributed by atoms with van der Waals surface area (Å²) in [6.45, 7) is 8.75. The van der Waals surface area contributed by atoms with Gasteiger partial charge in [-0.3, -0.25) is 9.89 Å². The predicted octanol–water partition coefficient (Wildman–Crippen LogP) is 1.17. The van der Waals surface area contributed by atoms with Crippen LogP contribution in [0.25, 0.3) is 0 Å². The highest BCUT2D eigenvalue weighted by Crippen LogP contribution is 2.13. The number of hydrogen-bond donors (Lipinski definition) is 0. The predicted molar refractivity (Wildman–Crippen MR) is 44.7 cm³/mol. The van der Waals surface area contributed by atoms with Gasteiger partial charge in [-0.15, -0.1) is 0 Å². The zero-order chi connectivity index (χ0) is 7.56. The van der Waals surface area contributed by atoms with Gasteiger partial charge in [0.15, 0.2) is 0 Å². The summed E-state index contributed by atoms with van der Waals surface area (Å²) in [6.07, 6.45) is 1.91. The maximum atomic E-state index is 4.30. The van der Waals surface area contributed by atoms with E-state index in [9.17, 15) is 0 Å². The largest absolute Gasteiger partial charge is 0.297 e. The molecule has 1 heterocycles. The van der Waals surface area contributed by atoms with Gasteiger partial charge in [0.25, 0.3) is 0 Å². The van der Waals surface area contributed by atoms with Crippen molar-refractivity contribution in [2.75, 3.05) is 13.1 Å². The van der Waals surface area contributed by atoms with E-state index in [2.05, 4.69) is 23.7 Å². The van der Waals surface area contributed by atoms with E-state index in [0.29, 0.717) is 12.1 Å². The lowest BCUT2D eigenvalue weighted by atomic mass is 10.1. The number of likely N-dealkylation sites (tertiary alicyclic amines) is 1. The molecule has 1 saturated heterocycles. The van der Waals surface area contributed by atoms with Crippen LogP contribution in [0.5, 0.6) is 0 Å². The van der Waals surface area contributed by atoms with E-state index in [4.69, 9.17) is 0 Å². The molecule has 1 aliphatic rings. The first-order chi connectivity index (χ1) is 4.74. The van der Waals surface area contributed by atoms with Crippen molar-refractivity contribution in [1.29, 1.82) is 0 Å². The van der Waals surface area contributed by atoms with Crippen molar-refractivity contribution in [1.82, 2.24) is 4.90 Å². The van der Waals surface area contributed by atoms with Crippen molar-refractivity contribution in [3.8, 4) is 0 Å². The second kappa shape index (κ2) is 3.15.